The summed E-state index contributed by atoms with van der Waals surface area (Å²) in [5, 5.41) is 6.38. The Bertz CT molecular complexity index is 264. The van der Waals surface area contributed by atoms with Crippen molar-refractivity contribution in [3.63, 3.8) is 0 Å². The summed E-state index contributed by atoms with van der Waals surface area (Å²) in [5.41, 5.74) is 0. The summed E-state index contributed by atoms with van der Waals surface area (Å²) in [6, 6.07) is 0.183. The summed E-state index contributed by atoms with van der Waals surface area (Å²) in [6.45, 7) is 6.52. The molecule has 1 aliphatic carbocycles. The number of ether oxygens (including phenoxy) is 1. The summed E-state index contributed by atoms with van der Waals surface area (Å²) >= 11 is 0. The van der Waals surface area contributed by atoms with Gasteiger partial charge in [0.15, 0.2) is 0 Å². The van der Waals surface area contributed by atoms with Gasteiger partial charge in [0.05, 0.1) is 13.2 Å². The van der Waals surface area contributed by atoms with Crippen LogP contribution in [-0.2, 0) is 9.53 Å². The number of carbonyl (C=O) groups is 1. The molecule has 0 aromatic rings. The molecule has 2 fully saturated rings. The smallest absolute Gasteiger partial charge is 0.239 e. The highest BCUT2D eigenvalue weighted by molar-refractivity contribution is 5.82. The summed E-state index contributed by atoms with van der Waals surface area (Å²) in [4.78, 5) is 12.1. The molecular formula is C13H24N2O2. The Kier molecular flexibility index (Phi) is 4.40. The van der Waals surface area contributed by atoms with E-state index >= 15 is 0 Å². The van der Waals surface area contributed by atoms with E-state index in [4.69, 9.17) is 4.74 Å². The number of nitrogens with one attached hydrogen (secondary N) is 2. The van der Waals surface area contributed by atoms with Crippen molar-refractivity contribution in [2.45, 2.75) is 45.2 Å². The van der Waals surface area contributed by atoms with Crippen LogP contribution < -0.4 is 10.6 Å². The van der Waals surface area contributed by atoms with Gasteiger partial charge in [-0.2, -0.15) is 0 Å². The van der Waals surface area contributed by atoms with Crippen molar-refractivity contribution in [2.24, 2.45) is 11.8 Å². The van der Waals surface area contributed by atoms with Crippen LogP contribution in [0.1, 0.15) is 33.1 Å². The third kappa shape index (κ3) is 3.19. The van der Waals surface area contributed by atoms with Crippen LogP contribution in [0.4, 0.5) is 0 Å². The second kappa shape index (κ2) is 5.83. The molecule has 1 amide bonds. The first-order chi connectivity index (χ1) is 8.18. The maximum Gasteiger partial charge on any atom is 0.239 e. The van der Waals surface area contributed by atoms with Crippen molar-refractivity contribution in [1.82, 2.24) is 10.6 Å². The lowest BCUT2D eigenvalue weighted by Crippen LogP contribution is -2.55. The van der Waals surface area contributed by atoms with E-state index in [1.165, 1.54) is 12.8 Å². The van der Waals surface area contributed by atoms with Gasteiger partial charge in [-0.3, -0.25) is 4.79 Å². The highest BCUT2D eigenvalue weighted by Gasteiger charge is 2.30. The minimum absolute atomic E-state index is 0.107. The highest BCUT2D eigenvalue weighted by Crippen LogP contribution is 2.29. The van der Waals surface area contributed by atoms with Gasteiger partial charge in [0.25, 0.3) is 0 Å². The van der Waals surface area contributed by atoms with Crippen LogP contribution in [0.3, 0.4) is 0 Å². The van der Waals surface area contributed by atoms with Gasteiger partial charge in [-0.05, 0) is 18.3 Å². The lowest BCUT2D eigenvalue weighted by Gasteiger charge is -2.35. The predicted molar refractivity (Wildman–Crippen MR) is 66.7 cm³/mol. The fourth-order valence-electron chi connectivity index (χ4n) is 2.80. The number of rotatable bonds is 2. The van der Waals surface area contributed by atoms with Crippen molar-refractivity contribution >= 4 is 5.91 Å². The van der Waals surface area contributed by atoms with Gasteiger partial charge in [0.1, 0.15) is 6.04 Å². The Morgan fingerprint density at radius 1 is 1.35 bits per heavy atom. The minimum atomic E-state index is -0.159. The van der Waals surface area contributed by atoms with Crippen molar-refractivity contribution < 1.29 is 9.53 Å². The number of morpholine rings is 1. The lowest BCUT2D eigenvalue weighted by molar-refractivity contribution is -0.127. The molecular weight excluding hydrogens is 216 g/mol. The second-order valence-electron chi connectivity index (χ2n) is 5.46. The zero-order chi connectivity index (χ0) is 12.3. The van der Waals surface area contributed by atoms with Gasteiger partial charge in [0, 0.05) is 12.6 Å². The Labute approximate surface area is 103 Å². The predicted octanol–water partition coefficient (Wildman–Crippen LogP) is 0.916. The normalized spacial score (nSPS) is 38.7. The number of hydrogen-bond acceptors (Lipinski definition) is 3. The Balaban J connectivity index is 1.84. The van der Waals surface area contributed by atoms with E-state index in [2.05, 4.69) is 24.5 Å². The number of carbonyl (C=O) groups excluding carboxylic acids is 1. The van der Waals surface area contributed by atoms with Crippen LogP contribution in [0.15, 0.2) is 0 Å². The molecule has 2 aliphatic rings. The maximum absolute atomic E-state index is 12.1. The second-order valence-corrected chi connectivity index (χ2v) is 5.46. The monoisotopic (exact) mass is 240 g/mol. The van der Waals surface area contributed by atoms with Crippen molar-refractivity contribution in [1.29, 1.82) is 0 Å². The van der Waals surface area contributed by atoms with Crippen LogP contribution in [0.2, 0.25) is 0 Å². The number of amides is 1. The molecule has 1 saturated heterocycles. The third-order valence-corrected chi connectivity index (χ3v) is 4.27. The molecule has 2 rings (SSSR count). The minimum Gasteiger partial charge on any atom is -0.378 e. The van der Waals surface area contributed by atoms with Crippen molar-refractivity contribution in [3.8, 4) is 0 Å². The van der Waals surface area contributed by atoms with Crippen LogP contribution in [-0.4, -0.2) is 37.7 Å². The standard InChI is InChI=1S/C13H24N2O2/c1-9-4-3-5-11(10(9)2)15-13(16)12-8-17-7-6-14-12/h9-12,14H,3-8H2,1-2H3,(H,15,16). The molecule has 1 heterocycles. The molecule has 4 nitrogen and oxygen atoms in total. The zero-order valence-electron chi connectivity index (χ0n) is 10.9. The topological polar surface area (TPSA) is 50.4 Å². The summed E-state index contributed by atoms with van der Waals surface area (Å²) < 4.78 is 5.32. The molecule has 2 N–H and O–H groups in total. The molecule has 17 heavy (non-hydrogen) atoms. The van der Waals surface area contributed by atoms with Gasteiger partial charge < -0.3 is 15.4 Å². The molecule has 4 heteroatoms. The summed E-state index contributed by atoms with van der Waals surface area (Å²) in [7, 11) is 0. The molecule has 0 bridgehead atoms. The zero-order valence-corrected chi connectivity index (χ0v) is 10.9. The van der Waals surface area contributed by atoms with Gasteiger partial charge in [-0.1, -0.05) is 26.7 Å². The fourth-order valence-corrected chi connectivity index (χ4v) is 2.80. The van der Waals surface area contributed by atoms with Crippen LogP contribution in [0.25, 0.3) is 0 Å². The molecule has 98 valence electrons. The largest absolute Gasteiger partial charge is 0.378 e. The molecule has 0 radical (unpaired) electrons. The molecule has 1 aliphatic heterocycles. The lowest BCUT2D eigenvalue weighted by atomic mass is 9.78. The van der Waals surface area contributed by atoms with Crippen LogP contribution >= 0.6 is 0 Å². The SMILES string of the molecule is CC1CCCC(NC(=O)C2COCCN2)C1C. The van der Waals surface area contributed by atoms with Crippen molar-refractivity contribution in [2.75, 3.05) is 19.8 Å². The van der Waals surface area contributed by atoms with E-state index in [-0.39, 0.29) is 11.9 Å². The number of hydrogen-bond donors (Lipinski definition) is 2. The fraction of sp³-hybridized carbons (Fsp3) is 0.923. The van der Waals surface area contributed by atoms with Crippen LogP contribution in [0.5, 0.6) is 0 Å². The third-order valence-electron chi connectivity index (χ3n) is 4.27. The highest BCUT2D eigenvalue weighted by atomic mass is 16.5. The first-order valence-electron chi connectivity index (χ1n) is 6.80. The van der Waals surface area contributed by atoms with E-state index < -0.39 is 0 Å². The summed E-state index contributed by atoms with van der Waals surface area (Å²) in [6.07, 6.45) is 3.63. The van der Waals surface area contributed by atoms with Crippen LogP contribution in [0, 0.1) is 11.8 Å². The van der Waals surface area contributed by atoms with Crippen molar-refractivity contribution in [3.05, 3.63) is 0 Å². The quantitative estimate of drug-likeness (QED) is 0.754. The molecule has 0 aromatic heterocycles. The maximum atomic E-state index is 12.1. The Morgan fingerprint density at radius 3 is 2.88 bits per heavy atom. The van der Waals surface area contributed by atoms with E-state index in [1.54, 1.807) is 0 Å². The first-order valence-corrected chi connectivity index (χ1v) is 6.80. The summed E-state index contributed by atoms with van der Waals surface area (Å²) in [5.74, 6) is 1.40. The van der Waals surface area contributed by atoms with E-state index in [1.807, 2.05) is 0 Å². The Hall–Kier alpha value is -0.610. The van der Waals surface area contributed by atoms with E-state index in [0.29, 0.717) is 31.1 Å². The molecule has 0 aromatic carbocycles. The first kappa shape index (κ1) is 12.8. The van der Waals surface area contributed by atoms with E-state index in [0.717, 1.165) is 13.0 Å². The van der Waals surface area contributed by atoms with Gasteiger partial charge in [-0.25, -0.2) is 0 Å². The average molecular weight is 240 g/mol. The average Bonchev–Trinajstić information content (AvgIpc) is 2.36. The van der Waals surface area contributed by atoms with Gasteiger partial charge >= 0.3 is 0 Å². The Morgan fingerprint density at radius 2 is 2.18 bits per heavy atom. The molecule has 4 atom stereocenters. The van der Waals surface area contributed by atoms with E-state index in [9.17, 15) is 4.79 Å². The molecule has 0 spiro atoms. The molecule has 4 unspecified atom stereocenters. The van der Waals surface area contributed by atoms with Gasteiger partial charge in [-0.15, -0.1) is 0 Å². The van der Waals surface area contributed by atoms with Gasteiger partial charge in [0.2, 0.25) is 5.91 Å². The molecule has 1 saturated carbocycles.